The van der Waals surface area contributed by atoms with E-state index in [-0.39, 0.29) is 39.7 Å². The Labute approximate surface area is 209 Å². The van der Waals surface area contributed by atoms with Gasteiger partial charge in [0.15, 0.2) is 0 Å². The minimum atomic E-state index is -1.00. The normalized spacial score (nSPS) is 14.4. The molecule has 6 heteroatoms. The summed E-state index contributed by atoms with van der Waals surface area (Å²) in [6, 6.07) is 0. The molecule has 0 atom stereocenters. The van der Waals surface area contributed by atoms with Gasteiger partial charge in [0.05, 0.1) is 16.1 Å². The van der Waals surface area contributed by atoms with Crippen molar-refractivity contribution in [3.63, 3.8) is 0 Å². The first-order valence-electron chi connectivity index (χ1n) is 9.04. The van der Waals surface area contributed by atoms with E-state index in [0.29, 0.717) is 0 Å². The summed E-state index contributed by atoms with van der Waals surface area (Å²) >= 11 is 1.58. The van der Waals surface area contributed by atoms with Gasteiger partial charge in [-0.05, 0) is 0 Å². The van der Waals surface area contributed by atoms with Gasteiger partial charge in [0.25, 0.3) is 0 Å². The summed E-state index contributed by atoms with van der Waals surface area (Å²) < 4.78 is 0. The van der Waals surface area contributed by atoms with Crippen molar-refractivity contribution in [1.82, 2.24) is 0 Å². The first-order valence-corrected chi connectivity index (χ1v) is 22.0. The van der Waals surface area contributed by atoms with Gasteiger partial charge in [-0.3, -0.25) is 12.2 Å². The molecule has 0 amide bonds. The van der Waals surface area contributed by atoms with Crippen LogP contribution in [0.4, 0.5) is 0 Å². The first-order chi connectivity index (χ1) is 11.1. The van der Waals surface area contributed by atoms with Crippen molar-refractivity contribution in [3.05, 3.63) is 60.7 Å². The molecule has 0 fully saturated rings. The van der Waals surface area contributed by atoms with Gasteiger partial charge in [0, 0.05) is 0 Å². The molecular formula is C22H44Cl2Si3Zr-4. The fraction of sp³-hybridized carbons (Fsp3) is 0.545. The number of hydrogen-bond donors (Lipinski definition) is 0. The topological polar surface area (TPSA) is 0 Å². The second-order valence-corrected chi connectivity index (χ2v) is 18.6. The van der Waals surface area contributed by atoms with E-state index in [1.807, 2.05) is 6.88 Å². The molecule has 0 saturated heterocycles. The molecule has 0 aromatic rings. The molecule has 0 saturated carbocycles. The van der Waals surface area contributed by atoms with E-state index in [1.54, 1.807) is 33.7 Å². The maximum atomic E-state index is 3.42. The van der Waals surface area contributed by atoms with Gasteiger partial charge in [0.2, 0.25) is 0 Å². The molecule has 0 bridgehead atoms. The summed E-state index contributed by atoms with van der Waals surface area (Å²) in [7, 11) is -2.01. The monoisotopic (exact) mass is 552 g/mol. The van der Waals surface area contributed by atoms with Crippen LogP contribution in [0.2, 0.25) is 39.3 Å². The van der Waals surface area contributed by atoms with Crippen LogP contribution >= 0.6 is 24.8 Å². The fourth-order valence-electron chi connectivity index (χ4n) is 2.46. The van der Waals surface area contributed by atoms with E-state index < -0.39 is 16.1 Å². The molecular weight excluding hydrogens is 511 g/mol. The third-order valence-electron chi connectivity index (χ3n) is 4.40. The van der Waals surface area contributed by atoms with E-state index in [9.17, 15) is 0 Å². The Kier molecular flexibility index (Phi) is 26.6. The number of rotatable bonds is 4. The Bertz CT molecular complexity index is 489. The fourth-order valence-corrected chi connectivity index (χ4v) is 4.91. The van der Waals surface area contributed by atoms with E-state index in [4.69, 9.17) is 0 Å². The molecule has 28 heavy (non-hydrogen) atoms. The summed E-state index contributed by atoms with van der Waals surface area (Å²) in [5, 5.41) is 3.32. The third-order valence-corrected chi connectivity index (χ3v) is 8.89. The van der Waals surface area contributed by atoms with E-state index >= 15 is 0 Å². The van der Waals surface area contributed by atoms with E-state index in [1.165, 1.54) is 11.1 Å². The molecule has 2 rings (SSSR count). The van der Waals surface area contributed by atoms with Gasteiger partial charge in [-0.15, -0.1) is 37.7 Å². The average Bonchev–Trinajstić information content (AvgIpc) is 3.18. The van der Waals surface area contributed by atoms with Gasteiger partial charge >= 0.3 is 30.2 Å². The first kappa shape index (κ1) is 39.5. The summed E-state index contributed by atoms with van der Waals surface area (Å²) in [6.07, 6.45) is 16.1. The minimum absolute atomic E-state index is 0. The molecule has 0 aromatic heterocycles. The molecule has 2 aliphatic rings. The van der Waals surface area contributed by atoms with Crippen molar-refractivity contribution in [3.8, 4) is 0 Å². The van der Waals surface area contributed by atoms with Gasteiger partial charge in [-0.2, -0.15) is 10.4 Å². The van der Waals surface area contributed by atoms with Crippen LogP contribution in [0.25, 0.3) is 0 Å². The summed E-state index contributed by atoms with van der Waals surface area (Å²) in [5.74, 6) is 0. The van der Waals surface area contributed by atoms with Crippen LogP contribution in [0.15, 0.2) is 33.7 Å². The Morgan fingerprint density at radius 3 is 1.11 bits per heavy atom. The summed E-state index contributed by atoms with van der Waals surface area (Å²) in [5.41, 5.74) is 2.84. The molecule has 2 aliphatic carbocycles. The molecule has 0 nitrogen and oxygen atoms in total. The van der Waals surface area contributed by atoms with Gasteiger partial charge < -0.3 is 14.9 Å². The Morgan fingerprint density at radius 2 is 1.00 bits per heavy atom. The zero-order valence-corrected chi connectivity index (χ0v) is 27.5. The van der Waals surface area contributed by atoms with Crippen molar-refractivity contribution < 1.29 is 23.3 Å². The third kappa shape index (κ3) is 15.0. The second kappa shape index (κ2) is 18.8. The van der Waals surface area contributed by atoms with Crippen LogP contribution in [0.5, 0.6) is 0 Å². The number of halogens is 2. The van der Waals surface area contributed by atoms with Crippen LogP contribution in [0.3, 0.4) is 0 Å². The standard InChI is InChI=1S/2C10H17Si.2CH3.2ClH.H2Si.Zr/c2*1-5-9-6-7-10(8-9)11(2,3)4;;;;;;/h2*8H,5,7H2,1-4H3;2*1H3;2*1H;1H2;/q4*-1;;;;. The molecule has 0 unspecified atom stereocenters. The zero-order valence-electron chi connectivity index (χ0n) is 20.0. The average molecular weight is 555 g/mol. The van der Waals surface area contributed by atoms with Crippen LogP contribution in [-0.2, 0) is 23.3 Å². The van der Waals surface area contributed by atoms with E-state index in [0.717, 1.165) is 25.7 Å². The predicted molar refractivity (Wildman–Crippen MR) is 142 cm³/mol. The molecule has 0 spiro atoms. The number of hydrogen-bond acceptors (Lipinski definition) is 0. The molecule has 0 N–H and O–H groups in total. The maximum absolute atomic E-state index is 3.42. The predicted octanol–water partition coefficient (Wildman–Crippen LogP) is 7.49. The van der Waals surface area contributed by atoms with Gasteiger partial charge in [-0.1, -0.05) is 66.0 Å². The molecule has 0 heterocycles. The summed E-state index contributed by atoms with van der Waals surface area (Å²) in [6.45, 7) is 20.8. The molecule has 0 aliphatic heterocycles. The Balaban J connectivity index is -0.000000102. The van der Waals surface area contributed by atoms with Crippen molar-refractivity contribution in [2.75, 3.05) is 0 Å². The van der Waals surface area contributed by atoms with Crippen molar-refractivity contribution in [2.24, 2.45) is 0 Å². The van der Waals surface area contributed by atoms with Gasteiger partial charge in [-0.25, -0.2) is 23.3 Å². The van der Waals surface area contributed by atoms with Crippen molar-refractivity contribution in [1.29, 1.82) is 0 Å². The Morgan fingerprint density at radius 1 is 0.750 bits per heavy atom. The summed E-state index contributed by atoms with van der Waals surface area (Å²) in [4.78, 5) is 0. The SMILES string of the molecule is CCC1=[C-]CC([Si](C)(C)C)=C1.CCC1=[C-]CC([Si](C)(C)C)=C1.Cl.Cl.[CH3-].[CH3-].[SiH2]=[Zr]. The zero-order chi connectivity index (χ0) is 19.0. The molecule has 0 aromatic carbocycles. The second-order valence-electron chi connectivity index (χ2n) is 8.30. The van der Waals surface area contributed by atoms with Crippen LogP contribution < -0.4 is 0 Å². The Hall–Kier alpha value is 1.07. The molecule has 0 radical (unpaired) electrons. The number of allylic oxidation sites excluding steroid dienone is 8. The molecule has 166 valence electrons. The van der Waals surface area contributed by atoms with Crippen molar-refractivity contribution in [2.45, 2.75) is 78.8 Å². The van der Waals surface area contributed by atoms with Crippen LogP contribution in [-0.4, -0.2) is 23.0 Å². The van der Waals surface area contributed by atoms with Crippen LogP contribution in [0.1, 0.15) is 39.5 Å². The van der Waals surface area contributed by atoms with Gasteiger partial charge in [0.1, 0.15) is 0 Å². The van der Waals surface area contributed by atoms with Crippen molar-refractivity contribution >= 4 is 47.8 Å². The van der Waals surface area contributed by atoms with E-state index in [2.05, 4.69) is 77.4 Å². The van der Waals surface area contributed by atoms with Crippen LogP contribution in [0, 0.1) is 27.0 Å². The quantitative estimate of drug-likeness (QED) is 0.249.